The Morgan fingerprint density at radius 2 is 1.54 bits per heavy atom. The van der Waals surface area contributed by atoms with Gasteiger partial charge < -0.3 is 14.2 Å². The first kappa shape index (κ1) is 25.7. The van der Waals surface area contributed by atoms with Crippen molar-refractivity contribution in [2.24, 2.45) is 11.8 Å². The Labute approximate surface area is 232 Å². The largest absolute Gasteiger partial charge is 0.493 e. The van der Waals surface area contributed by atoms with E-state index in [1.54, 1.807) is 0 Å². The standard InChI is InChI=1S/C36H38O3/c1-3-8-28(9-4-1)23-37-25-31(30-18-21-36-35(22-30)34-13-7-12-32(34)26-39-36)17-14-27-15-19-33(20-16-27)38-24-29-10-5-2-6-11-29/h1-6,8-11,15-16,19-22,32,34H,7,12-14,17-18,23-26H2. The fourth-order valence-corrected chi connectivity index (χ4v) is 6.14. The van der Waals surface area contributed by atoms with Crippen molar-refractivity contribution in [3.63, 3.8) is 0 Å². The zero-order valence-electron chi connectivity index (χ0n) is 22.7. The van der Waals surface area contributed by atoms with E-state index in [0.29, 0.717) is 31.7 Å². The number of benzene rings is 3. The van der Waals surface area contributed by atoms with Gasteiger partial charge in [-0.1, -0.05) is 85.3 Å². The summed E-state index contributed by atoms with van der Waals surface area (Å²) in [5.74, 6) is 3.39. The second-order valence-electron chi connectivity index (χ2n) is 11.0. The molecule has 0 spiro atoms. The van der Waals surface area contributed by atoms with Gasteiger partial charge in [-0.05, 0) is 95.6 Å². The summed E-state index contributed by atoms with van der Waals surface area (Å²) in [6, 6.07) is 29.3. The van der Waals surface area contributed by atoms with Crippen molar-refractivity contribution >= 4 is 0 Å². The third-order valence-corrected chi connectivity index (χ3v) is 8.36. The van der Waals surface area contributed by atoms with Crippen LogP contribution in [0.5, 0.6) is 5.75 Å². The SMILES string of the molecule is C1=C2OCC3CCCC3C2=CC(=C(CCc2ccc(OCc3ccccc3)cc2)COCc2ccccc2)C1. The topological polar surface area (TPSA) is 27.7 Å². The molecule has 3 heteroatoms. The minimum atomic E-state index is 0.588. The van der Waals surface area contributed by atoms with Crippen molar-refractivity contribution in [3.8, 4) is 5.75 Å². The minimum Gasteiger partial charge on any atom is -0.493 e. The summed E-state index contributed by atoms with van der Waals surface area (Å²) in [7, 11) is 0. The Morgan fingerprint density at radius 1 is 0.795 bits per heavy atom. The van der Waals surface area contributed by atoms with Crippen LogP contribution >= 0.6 is 0 Å². The summed E-state index contributed by atoms with van der Waals surface area (Å²) in [4.78, 5) is 0. The van der Waals surface area contributed by atoms with Crippen LogP contribution in [0.2, 0.25) is 0 Å². The first-order valence-electron chi connectivity index (χ1n) is 14.4. The smallest absolute Gasteiger partial charge is 0.119 e. The maximum atomic E-state index is 6.28. The zero-order valence-corrected chi connectivity index (χ0v) is 22.7. The molecule has 6 rings (SSSR count). The highest BCUT2D eigenvalue weighted by atomic mass is 16.5. The number of ether oxygens (including phenoxy) is 3. The van der Waals surface area contributed by atoms with E-state index in [0.717, 1.165) is 37.4 Å². The van der Waals surface area contributed by atoms with Gasteiger partial charge in [-0.15, -0.1) is 0 Å². The van der Waals surface area contributed by atoms with Gasteiger partial charge in [-0.25, -0.2) is 0 Å². The van der Waals surface area contributed by atoms with Crippen molar-refractivity contribution in [2.75, 3.05) is 13.2 Å². The molecule has 2 fully saturated rings. The maximum absolute atomic E-state index is 6.28. The molecule has 3 aromatic carbocycles. The molecular weight excluding hydrogens is 480 g/mol. The van der Waals surface area contributed by atoms with Crippen molar-refractivity contribution < 1.29 is 14.2 Å². The highest BCUT2D eigenvalue weighted by Gasteiger charge is 2.37. The van der Waals surface area contributed by atoms with E-state index >= 15 is 0 Å². The van der Waals surface area contributed by atoms with Gasteiger partial charge in [-0.2, -0.15) is 0 Å². The molecule has 3 aromatic rings. The van der Waals surface area contributed by atoms with Gasteiger partial charge in [0, 0.05) is 0 Å². The molecule has 0 N–H and O–H groups in total. The molecular formula is C36H38O3. The molecule has 2 aliphatic carbocycles. The van der Waals surface area contributed by atoms with Gasteiger partial charge in [-0.3, -0.25) is 0 Å². The van der Waals surface area contributed by atoms with Crippen molar-refractivity contribution in [2.45, 2.75) is 51.7 Å². The maximum Gasteiger partial charge on any atom is 0.119 e. The fourth-order valence-electron chi connectivity index (χ4n) is 6.14. The van der Waals surface area contributed by atoms with Crippen LogP contribution in [0, 0.1) is 11.8 Å². The average Bonchev–Trinajstić information content (AvgIpc) is 3.49. The average molecular weight is 519 g/mol. The highest BCUT2D eigenvalue weighted by molar-refractivity contribution is 5.45. The van der Waals surface area contributed by atoms with E-state index in [4.69, 9.17) is 14.2 Å². The van der Waals surface area contributed by atoms with Crippen LogP contribution in [0.25, 0.3) is 0 Å². The lowest BCUT2D eigenvalue weighted by Crippen LogP contribution is -2.25. The number of hydrogen-bond donors (Lipinski definition) is 0. The number of aryl methyl sites for hydroxylation is 1. The Hall–Kier alpha value is -3.56. The van der Waals surface area contributed by atoms with E-state index in [1.807, 2.05) is 18.2 Å². The Kier molecular flexibility index (Phi) is 8.26. The van der Waals surface area contributed by atoms with E-state index < -0.39 is 0 Å². The molecule has 0 amide bonds. The van der Waals surface area contributed by atoms with Gasteiger partial charge in [0.25, 0.3) is 0 Å². The van der Waals surface area contributed by atoms with Crippen LogP contribution in [-0.4, -0.2) is 13.2 Å². The van der Waals surface area contributed by atoms with Gasteiger partial charge in [0.1, 0.15) is 18.1 Å². The summed E-state index contributed by atoms with van der Waals surface area (Å²) >= 11 is 0. The molecule has 0 aromatic heterocycles. The van der Waals surface area contributed by atoms with Crippen LogP contribution in [0.3, 0.4) is 0 Å². The van der Waals surface area contributed by atoms with E-state index in [1.165, 1.54) is 52.7 Å². The summed E-state index contributed by atoms with van der Waals surface area (Å²) in [5, 5.41) is 0. The third-order valence-electron chi connectivity index (χ3n) is 8.36. The molecule has 3 nitrogen and oxygen atoms in total. The zero-order chi connectivity index (χ0) is 26.3. The van der Waals surface area contributed by atoms with E-state index in [2.05, 4.69) is 78.9 Å². The van der Waals surface area contributed by atoms with E-state index in [-0.39, 0.29) is 0 Å². The van der Waals surface area contributed by atoms with Crippen LogP contribution in [-0.2, 0) is 29.1 Å². The van der Waals surface area contributed by atoms with Crippen molar-refractivity contribution in [1.29, 1.82) is 0 Å². The quantitative estimate of drug-likeness (QED) is 0.270. The monoisotopic (exact) mass is 518 g/mol. The normalized spacial score (nSPS) is 21.2. The Bertz CT molecular complexity index is 1320. The summed E-state index contributed by atoms with van der Waals surface area (Å²) in [6.45, 7) is 2.77. The molecule has 2 unspecified atom stereocenters. The summed E-state index contributed by atoms with van der Waals surface area (Å²) in [5.41, 5.74) is 7.97. The van der Waals surface area contributed by atoms with Gasteiger partial charge >= 0.3 is 0 Å². The molecule has 39 heavy (non-hydrogen) atoms. The van der Waals surface area contributed by atoms with Crippen LogP contribution < -0.4 is 4.74 Å². The third kappa shape index (κ3) is 6.54. The number of hydrogen-bond acceptors (Lipinski definition) is 3. The molecule has 1 aliphatic heterocycles. The van der Waals surface area contributed by atoms with Crippen molar-refractivity contribution in [3.05, 3.63) is 136 Å². The summed E-state index contributed by atoms with van der Waals surface area (Å²) < 4.78 is 18.5. The van der Waals surface area contributed by atoms with E-state index in [9.17, 15) is 0 Å². The molecule has 1 saturated heterocycles. The Balaban J connectivity index is 1.14. The molecule has 1 heterocycles. The predicted molar refractivity (Wildman–Crippen MR) is 156 cm³/mol. The second kappa shape index (κ2) is 12.5. The lowest BCUT2D eigenvalue weighted by atomic mass is 9.81. The lowest BCUT2D eigenvalue weighted by molar-refractivity contribution is 0.120. The molecule has 2 atom stereocenters. The van der Waals surface area contributed by atoms with Crippen LogP contribution in [0.4, 0.5) is 0 Å². The second-order valence-corrected chi connectivity index (χ2v) is 11.0. The predicted octanol–water partition coefficient (Wildman–Crippen LogP) is 8.37. The van der Waals surface area contributed by atoms with Gasteiger partial charge in [0.2, 0.25) is 0 Å². The van der Waals surface area contributed by atoms with Gasteiger partial charge in [0.15, 0.2) is 0 Å². The first-order chi connectivity index (χ1) is 19.3. The van der Waals surface area contributed by atoms with Gasteiger partial charge in [0.05, 0.1) is 19.8 Å². The molecule has 1 saturated carbocycles. The lowest BCUT2D eigenvalue weighted by Gasteiger charge is -2.33. The first-order valence-corrected chi connectivity index (χ1v) is 14.4. The Morgan fingerprint density at radius 3 is 2.31 bits per heavy atom. The number of fused-ring (bicyclic) bond motifs is 3. The van der Waals surface area contributed by atoms with Crippen LogP contribution in [0.15, 0.2) is 120 Å². The molecule has 200 valence electrons. The summed E-state index contributed by atoms with van der Waals surface area (Å²) in [6.07, 6.45) is 11.6. The molecule has 0 bridgehead atoms. The fraction of sp³-hybridized carbons (Fsp3) is 0.333. The molecule has 0 radical (unpaired) electrons. The number of allylic oxidation sites excluding steroid dienone is 4. The number of rotatable bonds is 10. The van der Waals surface area contributed by atoms with Crippen molar-refractivity contribution in [1.82, 2.24) is 0 Å². The van der Waals surface area contributed by atoms with Crippen LogP contribution in [0.1, 0.15) is 48.8 Å². The highest BCUT2D eigenvalue weighted by Crippen LogP contribution is 2.46. The molecule has 3 aliphatic rings. The minimum absolute atomic E-state index is 0.588.